The highest BCUT2D eigenvalue weighted by Crippen LogP contribution is 2.28. The van der Waals surface area contributed by atoms with Crippen molar-refractivity contribution in [2.45, 2.75) is 19.3 Å². The Kier molecular flexibility index (Phi) is 3.52. The number of anilines is 1. The van der Waals surface area contributed by atoms with E-state index in [-0.39, 0.29) is 0 Å². The fourth-order valence-corrected chi connectivity index (χ4v) is 2.43. The SMILES string of the molecule is COc1cccc2oc(CC(C)c3ccc(N)cc3)nc12. The van der Waals surface area contributed by atoms with Gasteiger partial charge in [0.2, 0.25) is 0 Å². The molecule has 0 aliphatic heterocycles. The molecule has 3 aromatic rings. The summed E-state index contributed by atoms with van der Waals surface area (Å²) in [7, 11) is 1.64. The molecule has 108 valence electrons. The summed E-state index contributed by atoms with van der Waals surface area (Å²) in [5.74, 6) is 1.77. The van der Waals surface area contributed by atoms with Crippen LogP contribution in [0.1, 0.15) is 24.3 Å². The number of hydrogen-bond donors (Lipinski definition) is 1. The van der Waals surface area contributed by atoms with Crippen LogP contribution in [0.25, 0.3) is 11.1 Å². The number of nitrogens with zero attached hydrogens (tertiary/aromatic N) is 1. The molecular formula is C17H18N2O2. The van der Waals surface area contributed by atoms with E-state index in [4.69, 9.17) is 14.9 Å². The Hall–Kier alpha value is -2.49. The molecule has 0 spiro atoms. The molecule has 1 unspecified atom stereocenters. The largest absolute Gasteiger partial charge is 0.494 e. The van der Waals surface area contributed by atoms with Crippen molar-refractivity contribution in [3.63, 3.8) is 0 Å². The Morgan fingerprint density at radius 3 is 2.67 bits per heavy atom. The van der Waals surface area contributed by atoms with Crippen LogP contribution in [0.2, 0.25) is 0 Å². The molecule has 1 atom stereocenters. The molecule has 0 saturated carbocycles. The number of aromatic nitrogens is 1. The van der Waals surface area contributed by atoms with Gasteiger partial charge in [0, 0.05) is 12.1 Å². The lowest BCUT2D eigenvalue weighted by Crippen LogP contribution is -1.99. The van der Waals surface area contributed by atoms with Crippen molar-refractivity contribution in [3.05, 3.63) is 53.9 Å². The molecule has 2 N–H and O–H groups in total. The van der Waals surface area contributed by atoms with Crippen LogP contribution < -0.4 is 10.5 Å². The van der Waals surface area contributed by atoms with Crippen LogP contribution in [0.15, 0.2) is 46.9 Å². The molecule has 0 bridgehead atoms. The summed E-state index contributed by atoms with van der Waals surface area (Å²) >= 11 is 0. The lowest BCUT2D eigenvalue weighted by atomic mass is 9.98. The second-order valence-corrected chi connectivity index (χ2v) is 5.19. The van der Waals surface area contributed by atoms with E-state index >= 15 is 0 Å². The molecule has 21 heavy (non-hydrogen) atoms. The number of benzene rings is 2. The second kappa shape index (κ2) is 5.48. The number of oxazole rings is 1. The molecule has 3 rings (SSSR count). The molecule has 0 radical (unpaired) electrons. The standard InChI is InChI=1S/C17H18N2O2/c1-11(12-6-8-13(18)9-7-12)10-16-19-17-14(20-2)4-3-5-15(17)21-16/h3-9,11H,10,18H2,1-2H3. The maximum absolute atomic E-state index is 5.81. The Labute approximate surface area is 123 Å². The van der Waals surface area contributed by atoms with E-state index in [1.807, 2.05) is 42.5 Å². The van der Waals surface area contributed by atoms with E-state index in [1.165, 1.54) is 5.56 Å². The third-order valence-corrected chi connectivity index (χ3v) is 3.63. The van der Waals surface area contributed by atoms with Gasteiger partial charge >= 0.3 is 0 Å². The monoisotopic (exact) mass is 282 g/mol. The minimum Gasteiger partial charge on any atom is -0.494 e. The molecular weight excluding hydrogens is 264 g/mol. The summed E-state index contributed by atoms with van der Waals surface area (Å²) in [6.07, 6.45) is 0.738. The van der Waals surface area contributed by atoms with Crippen molar-refractivity contribution in [2.75, 3.05) is 12.8 Å². The molecule has 1 aromatic heterocycles. The summed E-state index contributed by atoms with van der Waals surface area (Å²) in [4.78, 5) is 4.55. The predicted octanol–water partition coefficient (Wildman–Crippen LogP) is 3.76. The maximum atomic E-state index is 5.81. The molecule has 4 heteroatoms. The molecule has 0 amide bonds. The van der Waals surface area contributed by atoms with Gasteiger partial charge in [-0.15, -0.1) is 0 Å². The minimum atomic E-state index is 0.310. The number of hydrogen-bond acceptors (Lipinski definition) is 4. The Bertz CT molecular complexity index is 747. The van der Waals surface area contributed by atoms with Gasteiger partial charge in [-0.25, -0.2) is 4.98 Å². The molecule has 2 aromatic carbocycles. The lowest BCUT2D eigenvalue weighted by molar-refractivity contribution is 0.419. The summed E-state index contributed by atoms with van der Waals surface area (Å²) < 4.78 is 11.1. The van der Waals surface area contributed by atoms with Crippen LogP contribution in [0.3, 0.4) is 0 Å². The predicted molar refractivity (Wildman–Crippen MR) is 83.5 cm³/mol. The average Bonchev–Trinajstić information content (AvgIpc) is 2.90. The average molecular weight is 282 g/mol. The third-order valence-electron chi connectivity index (χ3n) is 3.63. The van der Waals surface area contributed by atoms with Gasteiger partial charge in [0.15, 0.2) is 17.0 Å². The molecule has 0 aliphatic rings. The van der Waals surface area contributed by atoms with Gasteiger partial charge in [0.1, 0.15) is 5.75 Å². The smallest absolute Gasteiger partial charge is 0.196 e. The van der Waals surface area contributed by atoms with Gasteiger partial charge in [-0.1, -0.05) is 25.1 Å². The fraction of sp³-hybridized carbons (Fsp3) is 0.235. The number of para-hydroxylation sites is 1. The fourth-order valence-electron chi connectivity index (χ4n) is 2.43. The van der Waals surface area contributed by atoms with Crippen molar-refractivity contribution in [3.8, 4) is 5.75 Å². The van der Waals surface area contributed by atoms with Crippen molar-refractivity contribution in [2.24, 2.45) is 0 Å². The lowest BCUT2D eigenvalue weighted by Gasteiger charge is -2.09. The van der Waals surface area contributed by atoms with E-state index in [1.54, 1.807) is 7.11 Å². The van der Waals surface area contributed by atoms with Crippen LogP contribution >= 0.6 is 0 Å². The van der Waals surface area contributed by atoms with Gasteiger partial charge in [-0.2, -0.15) is 0 Å². The van der Waals surface area contributed by atoms with E-state index in [0.29, 0.717) is 5.92 Å². The summed E-state index contributed by atoms with van der Waals surface area (Å²) in [6, 6.07) is 13.6. The van der Waals surface area contributed by atoms with Crippen LogP contribution in [-0.4, -0.2) is 12.1 Å². The zero-order valence-electron chi connectivity index (χ0n) is 12.2. The highest BCUT2D eigenvalue weighted by Gasteiger charge is 2.14. The zero-order valence-corrected chi connectivity index (χ0v) is 12.2. The van der Waals surface area contributed by atoms with E-state index in [0.717, 1.165) is 34.8 Å². The van der Waals surface area contributed by atoms with Crippen molar-refractivity contribution >= 4 is 16.8 Å². The quantitative estimate of drug-likeness (QED) is 0.740. The normalized spacial score (nSPS) is 12.5. The van der Waals surface area contributed by atoms with Crippen molar-refractivity contribution in [1.82, 2.24) is 4.98 Å². The molecule has 0 fully saturated rings. The first-order valence-electron chi connectivity index (χ1n) is 6.95. The third kappa shape index (κ3) is 2.70. The number of nitrogens with two attached hydrogens (primary N) is 1. The van der Waals surface area contributed by atoms with Crippen LogP contribution in [0.5, 0.6) is 5.75 Å². The molecule has 4 nitrogen and oxygen atoms in total. The topological polar surface area (TPSA) is 61.3 Å². The van der Waals surface area contributed by atoms with E-state index < -0.39 is 0 Å². The number of methoxy groups -OCH3 is 1. The summed E-state index contributed by atoms with van der Waals surface area (Å²) in [6.45, 7) is 2.15. The highest BCUT2D eigenvalue weighted by atomic mass is 16.5. The molecule has 0 aliphatic carbocycles. The van der Waals surface area contributed by atoms with E-state index in [9.17, 15) is 0 Å². The Balaban J connectivity index is 1.86. The number of ether oxygens (including phenoxy) is 1. The van der Waals surface area contributed by atoms with Gasteiger partial charge < -0.3 is 14.9 Å². The Morgan fingerprint density at radius 1 is 1.19 bits per heavy atom. The van der Waals surface area contributed by atoms with Crippen LogP contribution in [-0.2, 0) is 6.42 Å². The zero-order chi connectivity index (χ0) is 14.8. The maximum Gasteiger partial charge on any atom is 0.196 e. The van der Waals surface area contributed by atoms with Crippen molar-refractivity contribution < 1.29 is 9.15 Å². The Morgan fingerprint density at radius 2 is 1.95 bits per heavy atom. The van der Waals surface area contributed by atoms with Gasteiger partial charge in [0.05, 0.1) is 7.11 Å². The molecule has 1 heterocycles. The second-order valence-electron chi connectivity index (χ2n) is 5.19. The minimum absolute atomic E-state index is 0.310. The van der Waals surface area contributed by atoms with E-state index in [2.05, 4.69) is 11.9 Å². The first-order valence-corrected chi connectivity index (χ1v) is 6.95. The van der Waals surface area contributed by atoms with Crippen LogP contribution in [0.4, 0.5) is 5.69 Å². The summed E-state index contributed by atoms with van der Waals surface area (Å²) in [5, 5.41) is 0. The molecule has 0 saturated heterocycles. The number of rotatable bonds is 4. The van der Waals surface area contributed by atoms with Crippen LogP contribution in [0, 0.1) is 0 Å². The highest BCUT2D eigenvalue weighted by molar-refractivity contribution is 5.79. The van der Waals surface area contributed by atoms with Gasteiger partial charge in [-0.05, 0) is 35.7 Å². The first-order chi connectivity index (χ1) is 10.2. The first kappa shape index (κ1) is 13.5. The summed E-state index contributed by atoms with van der Waals surface area (Å²) in [5.41, 5.74) is 9.25. The number of fused-ring (bicyclic) bond motifs is 1. The van der Waals surface area contributed by atoms with Gasteiger partial charge in [-0.3, -0.25) is 0 Å². The van der Waals surface area contributed by atoms with Gasteiger partial charge in [0.25, 0.3) is 0 Å². The number of nitrogen functional groups attached to an aromatic ring is 1. The van der Waals surface area contributed by atoms with Crippen molar-refractivity contribution in [1.29, 1.82) is 0 Å².